The highest BCUT2D eigenvalue weighted by Gasteiger charge is 2.13. The molecule has 1 fully saturated rings. The van der Waals surface area contributed by atoms with Crippen molar-refractivity contribution in [3.8, 4) is 6.07 Å². The van der Waals surface area contributed by atoms with Crippen LogP contribution in [0.2, 0.25) is 0 Å². The average molecular weight is 271 g/mol. The smallest absolute Gasteiger partial charge is 0.0995 e. The molecule has 1 unspecified atom stereocenters. The molecule has 1 atom stereocenters. The third-order valence-electron chi connectivity index (χ3n) is 3.96. The summed E-state index contributed by atoms with van der Waals surface area (Å²) in [5, 5.41) is 12.5. The average Bonchev–Trinajstić information content (AvgIpc) is 2.49. The maximum atomic E-state index is 9.06. The highest BCUT2D eigenvalue weighted by atomic mass is 15.1. The molecular weight excluding hydrogens is 246 g/mol. The molecule has 1 aliphatic heterocycles. The van der Waals surface area contributed by atoms with Gasteiger partial charge in [0.15, 0.2) is 0 Å². The Morgan fingerprint density at radius 1 is 1.25 bits per heavy atom. The molecule has 0 saturated carbocycles. The second-order valence-electron chi connectivity index (χ2n) is 5.87. The van der Waals surface area contributed by atoms with Gasteiger partial charge in [-0.15, -0.1) is 0 Å². The van der Waals surface area contributed by atoms with E-state index in [1.807, 2.05) is 24.3 Å². The Labute approximate surface area is 122 Å². The number of nitrogens with zero attached hydrogens (tertiary/aromatic N) is 2. The Hall–Kier alpha value is -1.37. The molecule has 0 aliphatic carbocycles. The van der Waals surface area contributed by atoms with Crippen LogP contribution in [-0.4, -0.2) is 31.1 Å². The number of piperidine rings is 1. The third-order valence-corrected chi connectivity index (χ3v) is 3.96. The molecule has 1 N–H and O–H groups in total. The van der Waals surface area contributed by atoms with Gasteiger partial charge in [0.05, 0.1) is 11.6 Å². The van der Waals surface area contributed by atoms with Crippen molar-refractivity contribution in [1.82, 2.24) is 10.2 Å². The van der Waals surface area contributed by atoms with Crippen LogP contribution in [0.4, 0.5) is 0 Å². The Bertz CT molecular complexity index is 444. The molecule has 2 rings (SSSR count). The molecule has 1 heterocycles. The first-order valence-electron chi connectivity index (χ1n) is 7.70. The van der Waals surface area contributed by atoms with Crippen molar-refractivity contribution < 1.29 is 0 Å². The third kappa shape index (κ3) is 4.63. The van der Waals surface area contributed by atoms with Crippen molar-refractivity contribution in [2.75, 3.05) is 26.2 Å². The standard InChI is InChI=1S/C17H25N3/c1-15(14-20-9-5-2-6-10-20)12-19-13-17-8-4-3-7-16(17)11-18/h3-4,7-8,15,19H,2,5-6,9-10,12-14H2,1H3. The molecule has 0 spiro atoms. The summed E-state index contributed by atoms with van der Waals surface area (Å²) >= 11 is 0. The summed E-state index contributed by atoms with van der Waals surface area (Å²) in [7, 11) is 0. The van der Waals surface area contributed by atoms with Crippen LogP contribution in [0.1, 0.15) is 37.3 Å². The van der Waals surface area contributed by atoms with Crippen LogP contribution in [0, 0.1) is 17.2 Å². The maximum absolute atomic E-state index is 9.06. The molecule has 0 aromatic heterocycles. The predicted octanol–water partition coefficient (Wildman–Crippen LogP) is 2.77. The second-order valence-corrected chi connectivity index (χ2v) is 5.87. The predicted molar refractivity (Wildman–Crippen MR) is 82.3 cm³/mol. The first kappa shape index (κ1) is 15.0. The van der Waals surface area contributed by atoms with Crippen LogP contribution in [0.15, 0.2) is 24.3 Å². The Balaban J connectivity index is 1.71. The fraction of sp³-hybridized carbons (Fsp3) is 0.588. The van der Waals surface area contributed by atoms with Crippen molar-refractivity contribution in [1.29, 1.82) is 5.26 Å². The fourth-order valence-electron chi connectivity index (χ4n) is 2.88. The zero-order valence-corrected chi connectivity index (χ0v) is 12.4. The number of rotatable bonds is 6. The molecule has 1 aromatic rings. The van der Waals surface area contributed by atoms with Crippen LogP contribution >= 0.6 is 0 Å². The number of benzene rings is 1. The minimum absolute atomic E-state index is 0.655. The van der Waals surface area contributed by atoms with Gasteiger partial charge in [0.2, 0.25) is 0 Å². The molecule has 1 saturated heterocycles. The van der Waals surface area contributed by atoms with Gasteiger partial charge in [0.1, 0.15) is 0 Å². The van der Waals surface area contributed by atoms with E-state index in [2.05, 4.69) is 23.2 Å². The lowest BCUT2D eigenvalue weighted by molar-refractivity contribution is 0.199. The normalized spacial score (nSPS) is 17.6. The van der Waals surface area contributed by atoms with Crippen molar-refractivity contribution in [3.05, 3.63) is 35.4 Å². The molecule has 108 valence electrons. The highest BCUT2D eigenvalue weighted by Crippen LogP contribution is 2.11. The quantitative estimate of drug-likeness (QED) is 0.864. The van der Waals surface area contributed by atoms with E-state index < -0.39 is 0 Å². The summed E-state index contributed by atoms with van der Waals surface area (Å²) in [6, 6.07) is 10.1. The minimum atomic E-state index is 0.655. The van der Waals surface area contributed by atoms with E-state index in [-0.39, 0.29) is 0 Å². The molecule has 3 nitrogen and oxygen atoms in total. The monoisotopic (exact) mass is 271 g/mol. The lowest BCUT2D eigenvalue weighted by Gasteiger charge is -2.29. The van der Waals surface area contributed by atoms with Gasteiger partial charge in [-0.3, -0.25) is 0 Å². The van der Waals surface area contributed by atoms with Gasteiger partial charge in [0.25, 0.3) is 0 Å². The first-order valence-corrected chi connectivity index (χ1v) is 7.70. The summed E-state index contributed by atoms with van der Waals surface area (Å²) in [5.41, 5.74) is 1.88. The molecular formula is C17H25N3. The molecule has 1 aliphatic rings. The van der Waals surface area contributed by atoms with Crippen LogP contribution in [0.3, 0.4) is 0 Å². The number of likely N-dealkylation sites (tertiary alicyclic amines) is 1. The van der Waals surface area contributed by atoms with Crippen LogP contribution in [0.25, 0.3) is 0 Å². The second kappa shape index (κ2) is 8.04. The van der Waals surface area contributed by atoms with Crippen LogP contribution in [-0.2, 0) is 6.54 Å². The number of hydrogen-bond donors (Lipinski definition) is 1. The largest absolute Gasteiger partial charge is 0.312 e. The Morgan fingerprint density at radius 3 is 2.75 bits per heavy atom. The van der Waals surface area contributed by atoms with E-state index >= 15 is 0 Å². The summed E-state index contributed by atoms with van der Waals surface area (Å²) in [6.07, 6.45) is 4.11. The maximum Gasteiger partial charge on any atom is 0.0995 e. The SMILES string of the molecule is CC(CNCc1ccccc1C#N)CN1CCCCC1. The van der Waals surface area contributed by atoms with E-state index in [1.165, 1.54) is 38.9 Å². The summed E-state index contributed by atoms with van der Waals surface area (Å²) < 4.78 is 0. The molecule has 0 bridgehead atoms. The van der Waals surface area contributed by atoms with E-state index in [0.29, 0.717) is 5.92 Å². The van der Waals surface area contributed by atoms with Crippen LogP contribution in [0.5, 0.6) is 0 Å². The van der Waals surface area contributed by atoms with Gasteiger partial charge >= 0.3 is 0 Å². The van der Waals surface area contributed by atoms with Gasteiger partial charge in [-0.05, 0) is 50.0 Å². The summed E-state index contributed by atoms with van der Waals surface area (Å²) in [6.45, 7) is 7.82. The number of hydrogen-bond acceptors (Lipinski definition) is 3. The van der Waals surface area contributed by atoms with E-state index in [0.717, 1.165) is 24.2 Å². The zero-order valence-electron chi connectivity index (χ0n) is 12.4. The first-order chi connectivity index (χ1) is 9.79. The van der Waals surface area contributed by atoms with E-state index in [1.54, 1.807) is 0 Å². The molecule has 0 radical (unpaired) electrons. The van der Waals surface area contributed by atoms with Gasteiger partial charge < -0.3 is 10.2 Å². The van der Waals surface area contributed by atoms with Gasteiger partial charge in [-0.2, -0.15) is 5.26 Å². The van der Waals surface area contributed by atoms with Crippen LogP contribution < -0.4 is 5.32 Å². The Kier molecular flexibility index (Phi) is 6.04. The van der Waals surface area contributed by atoms with Gasteiger partial charge in [-0.1, -0.05) is 31.5 Å². The zero-order chi connectivity index (χ0) is 14.2. The molecule has 0 amide bonds. The fourth-order valence-corrected chi connectivity index (χ4v) is 2.88. The molecule has 1 aromatic carbocycles. The molecule has 20 heavy (non-hydrogen) atoms. The van der Waals surface area contributed by atoms with E-state index in [4.69, 9.17) is 5.26 Å². The highest BCUT2D eigenvalue weighted by molar-refractivity contribution is 5.37. The molecule has 3 heteroatoms. The van der Waals surface area contributed by atoms with Crippen molar-refractivity contribution in [2.24, 2.45) is 5.92 Å². The number of nitriles is 1. The summed E-state index contributed by atoms with van der Waals surface area (Å²) in [4.78, 5) is 2.58. The van der Waals surface area contributed by atoms with E-state index in [9.17, 15) is 0 Å². The minimum Gasteiger partial charge on any atom is -0.312 e. The van der Waals surface area contributed by atoms with Gasteiger partial charge in [0, 0.05) is 13.1 Å². The lowest BCUT2D eigenvalue weighted by atomic mass is 10.1. The van der Waals surface area contributed by atoms with Gasteiger partial charge in [-0.25, -0.2) is 0 Å². The number of nitrogens with one attached hydrogen (secondary N) is 1. The van der Waals surface area contributed by atoms with Crippen molar-refractivity contribution >= 4 is 0 Å². The Morgan fingerprint density at radius 2 is 2.00 bits per heavy atom. The summed E-state index contributed by atoms with van der Waals surface area (Å²) in [5.74, 6) is 0.655. The lowest BCUT2D eigenvalue weighted by Crippen LogP contribution is -2.36. The van der Waals surface area contributed by atoms with Crippen molar-refractivity contribution in [2.45, 2.75) is 32.7 Å². The topological polar surface area (TPSA) is 39.1 Å². The van der Waals surface area contributed by atoms with Crippen molar-refractivity contribution in [3.63, 3.8) is 0 Å².